The van der Waals surface area contributed by atoms with Crippen LogP contribution in [0.15, 0.2) is 35.6 Å². The molecule has 1 aromatic carbocycles. The van der Waals surface area contributed by atoms with Crippen molar-refractivity contribution in [3.8, 4) is 5.75 Å². The first-order valence-electron chi connectivity index (χ1n) is 10.4. The van der Waals surface area contributed by atoms with Crippen molar-refractivity contribution in [1.29, 1.82) is 0 Å². The summed E-state index contributed by atoms with van der Waals surface area (Å²) >= 11 is 0. The van der Waals surface area contributed by atoms with Gasteiger partial charge in [-0.05, 0) is 38.3 Å². The maximum Gasteiger partial charge on any atom is 0.191 e. The van der Waals surface area contributed by atoms with Crippen LogP contribution in [0.25, 0.3) is 0 Å². The third-order valence-electron chi connectivity index (χ3n) is 5.12. The third-order valence-corrected chi connectivity index (χ3v) is 5.12. The summed E-state index contributed by atoms with van der Waals surface area (Å²) in [6, 6.07) is 6.33. The van der Waals surface area contributed by atoms with Crippen molar-refractivity contribution in [1.82, 2.24) is 20.2 Å². The standard InChI is InChI=1S/C22H33N5O2.HI/c1-17-6-7-19(21(14-17)29-20-8-13-28-16-20)15-26-22(23-3)25-9-4-5-11-27-12-10-24-18(27)2;/h6-7,10,12,14,20H,4-5,8-9,11,13,15-16H2,1-3H3,(H2,23,25,26);1H. The van der Waals surface area contributed by atoms with Crippen LogP contribution in [0, 0.1) is 13.8 Å². The van der Waals surface area contributed by atoms with Crippen LogP contribution in [0.4, 0.5) is 0 Å². The molecule has 2 heterocycles. The molecule has 1 fully saturated rings. The lowest BCUT2D eigenvalue weighted by Crippen LogP contribution is -2.37. The fourth-order valence-corrected chi connectivity index (χ4v) is 3.36. The summed E-state index contributed by atoms with van der Waals surface area (Å²) in [6.07, 6.45) is 7.14. The predicted molar refractivity (Wildman–Crippen MR) is 131 cm³/mol. The molecule has 3 rings (SSSR count). The topological polar surface area (TPSA) is 72.7 Å². The van der Waals surface area contributed by atoms with E-state index in [0.29, 0.717) is 13.2 Å². The average Bonchev–Trinajstić information content (AvgIpc) is 3.37. The second-order valence-corrected chi connectivity index (χ2v) is 7.44. The molecule has 0 radical (unpaired) electrons. The molecule has 0 saturated carbocycles. The molecule has 2 N–H and O–H groups in total. The summed E-state index contributed by atoms with van der Waals surface area (Å²) in [5, 5.41) is 6.79. The van der Waals surface area contributed by atoms with Gasteiger partial charge in [-0.2, -0.15) is 0 Å². The second kappa shape index (κ2) is 12.8. The van der Waals surface area contributed by atoms with Gasteiger partial charge < -0.3 is 24.7 Å². The van der Waals surface area contributed by atoms with Crippen molar-refractivity contribution in [2.45, 2.75) is 52.3 Å². The summed E-state index contributed by atoms with van der Waals surface area (Å²) in [4.78, 5) is 8.59. The van der Waals surface area contributed by atoms with E-state index in [1.165, 1.54) is 5.56 Å². The molecule has 1 aliphatic heterocycles. The molecule has 1 atom stereocenters. The number of nitrogens with one attached hydrogen (secondary N) is 2. The highest BCUT2D eigenvalue weighted by molar-refractivity contribution is 14.0. The molecule has 0 amide bonds. The quantitative estimate of drug-likeness (QED) is 0.226. The van der Waals surface area contributed by atoms with E-state index in [1.54, 1.807) is 7.05 Å². The molecule has 166 valence electrons. The van der Waals surface area contributed by atoms with E-state index in [-0.39, 0.29) is 30.1 Å². The Morgan fingerprint density at radius 1 is 1.30 bits per heavy atom. The summed E-state index contributed by atoms with van der Waals surface area (Å²) in [5.41, 5.74) is 2.32. The Labute approximate surface area is 196 Å². The van der Waals surface area contributed by atoms with Gasteiger partial charge in [0.1, 0.15) is 17.7 Å². The minimum absolute atomic E-state index is 0. The number of halogens is 1. The van der Waals surface area contributed by atoms with Gasteiger partial charge >= 0.3 is 0 Å². The van der Waals surface area contributed by atoms with Crippen molar-refractivity contribution < 1.29 is 9.47 Å². The molecule has 1 saturated heterocycles. The number of aliphatic imine (C=N–C) groups is 1. The Balaban J connectivity index is 0.00000320. The van der Waals surface area contributed by atoms with Crippen molar-refractivity contribution in [2.24, 2.45) is 4.99 Å². The van der Waals surface area contributed by atoms with E-state index in [4.69, 9.17) is 9.47 Å². The second-order valence-electron chi connectivity index (χ2n) is 7.44. The number of benzene rings is 1. The van der Waals surface area contributed by atoms with Gasteiger partial charge in [0.05, 0.1) is 13.2 Å². The molecule has 1 aromatic heterocycles. The number of ether oxygens (including phenoxy) is 2. The van der Waals surface area contributed by atoms with Gasteiger partial charge in [0, 0.05) is 51.1 Å². The van der Waals surface area contributed by atoms with Gasteiger partial charge in [-0.15, -0.1) is 24.0 Å². The Kier molecular flexibility index (Phi) is 10.4. The Morgan fingerprint density at radius 2 is 2.17 bits per heavy atom. The molecule has 7 nitrogen and oxygen atoms in total. The van der Waals surface area contributed by atoms with E-state index >= 15 is 0 Å². The number of hydrogen-bond donors (Lipinski definition) is 2. The fourth-order valence-electron chi connectivity index (χ4n) is 3.36. The highest BCUT2D eigenvalue weighted by atomic mass is 127. The molecule has 30 heavy (non-hydrogen) atoms. The fraction of sp³-hybridized carbons (Fsp3) is 0.545. The number of aromatic nitrogens is 2. The monoisotopic (exact) mass is 527 g/mol. The van der Waals surface area contributed by atoms with Gasteiger partial charge in [-0.25, -0.2) is 4.98 Å². The van der Waals surface area contributed by atoms with Crippen LogP contribution in [0.5, 0.6) is 5.75 Å². The van der Waals surface area contributed by atoms with Gasteiger partial charge in [-0.1, -0.05) is 12.1 Å². The third kappa shape index (κ3) is 7.46. The normalized spacial score (nSPS) is 16.2. The van der Waals surface area contributed by atoms with Crippen LogP contribution in [-0.2, 0) is 17.8 Å². The summed E-state index contributed by atoms with van der Waals surface area (Å²) in [6.45, 7) is 8.10. The molecule has 0 spiro atoms. The zero-order valence-electron chi connectivity index (χ0n) is 18.2. The molecule has 2 aromatic rings. The lowest BCUT2D eigenvalue weighted by atomic mass is 10.1. The van der Waals surface area contributed by atoms with Crippen molar-refractivity contribution in [3.05, 3.63) is 47.5 Å². The van der Waals surface area contributed by atoms with Crippen molar-refractivity contribution in [3.63, 3.8) is 0 Å². The molecule has 0 bridgehead atoms. The Hall–Kier alpha value is -1.81. The van der Waals surface area contributed by atoms with Crippen molar-refractivity contribution >= 4 is 29.9 Å². The van der Waals surface area contributed by atoms with Crippen molar-refractivity contribution in [2.75, 3.05) is 26.8 Å². The van der Waals surface area contributed by atoms with Gasteiger partial charge in [0.2, 0.25) is 0 Å². The average molecular weight is 527 g/mol. The molecular weight excluding hydrogens is 493 g/mol. The van der Waals surface area contributed by atoms with E-state index in [1.807, 2.05) is 19.3 Å². The largest absolute Gasteiger partial charge is 0.488 e. The number of guanidine groups is 1. The smallest absolute Gasteiger partial charge is 0.191 e. The number of nitrogens with zero attached hydrogens (tertiary/aromatic N) is 3. The minimum Gasteiger partial charge on any atom is -0.488 e. The lowest BCUT2D eigenvalue weighted by molar-refractivity contribution is 0.140. The maximum absolute atomic E-state index is 6.18. The molecular formula is C22H34IN5O2. The highest BCUT2D eigenvalue weighted by Gasteiger charge is 2.18. The number of imidazole rings is 1. The lowest BCUT2D eigenvalue weighted by Gasteiger charge is -2.18. The minimum atomic E-state index is 0. The first-order chi connectivity index (χ1) is 14.2. The van der Waals surface area contributed by atoms with Crippen LogP contribution in [-0.4, -0.2) is 48.4 Å². The maximum atomic E-state index is 6.18. The van der Waals surface area contributed by atoms with Gasteiger partial charge in [-0.3, -0.25) is 4.99 Å². The zero-order chi connectivity index (χ0) is 20.5. The molecule has 0 aliphatic carbocycles. The van der Waals surface area contributed by atoms with E-state index in [0.717, 1.165) is 62.1 Å². The predicted octanol–water partition coefficient (Wildman–Crippen LogP) is 3.43. The number of hydrogen-bond acceptors (Lipinski definition) is 4. The number of aryl methyl sites for hydroxylation is 3. The van der Waals surface area contributed by atoms with Crippen LogP contribution in [0.2, 0.25) is 0 Å². The van der Waals surface area contributed by atoms with Crippen LogP contribution in [0.1, 0.15) is 36.2 Å². The van der Waals surface area contributed by atoms with E-state index in [9.17, 15) is 0 Å². The molecule has 1 aliphatic rings. The highest BCUT2D eigenvalue weighted by Crippen LogP contribution is 2.23. The summed E-state index contributed by atoms with van der Waals surface area (Å²) in [7, 11) is 1.80. The van der Waals surface area contributed by atoms with Crippen LogP contribution < -0.4 is 15.4 Å². The van der Waals surface area contributed by atoms with Gasteiger partial charge in [0.25, 0.3) is 0 Å². The Bertz CT molecular complexity index is 803. The number of rotatable bonds is 9. The SMILES string of the molecule is CN=C(NCCCCn1ccnc1C)NCc1ccc(C)cc1OC1CCOC1.I. The summed E-state index contributed by atoms with van der Waals surface area (Å²) in [5.74, 6) is 2.80. The molecule has 8 heteroatoms. The van der Waals surface area contributed by atoms with Gasteiger partial charge in [0.15, 0.2) is 5.96 Å². The first-order valence-corrected chi connectivity index (χ1v) is 10.4. The first kappa shape index (κ1) is 24.5. The van der Waals surface area contributed by atoms with E-state index in [2.05, 4.69) is 50.3 Å². The van der Waals surface area contributed by atoms with E-state index < -0.39 is 0 Å². The van der Waals surface area contributed by atoms with Crippen LogP contribution >= 0.6 is 24.0 Å². The number of unbranched alkanes of at least 4 members (excludes halogenated alkanes) is 1. The zero-order valence-corrected chi connectivity index (χ0v) is 20.5. The molecule has 1 unspecified atom stereocenters. The Morgan fingerprint density at radius 3 is 2.87 bits per heavy atom. The summed E-state index contributed by atoms with van der Waals surface area (Å²) < 4.78 is 13.8. The van der Waals surface area contributed by atoms with Crippen LogP contribution in [0.3, 0.4) is 0 Å².